The van der Waals surface area contributed by atoms with Crippen LogP contribution in [-0.4, -0.2) is 64.0 Å². The minimum Gasteiger partial charge on any atom is -0.380 e. The van der Waals surface area contributed by atoms with E-state index in [1.165, 1.54) is 87.4 Å². The molecule has 41 heavy (non-hydrogen) atoms. The third-order valence-corrected chi connectivity index (χ3v) is 10.3. The van der Waals surface area contributed by atoms with Crippen LogP contribution in [0.1, 0.15) is 111 Å². The molecule has 3 fully saturated rings. The Morgan fingerprint density at radius 3 is 1.88 bits per heavy atom. The summed E-state index contributed by atoms with van der Waals surface area (Å²) in [5.41, 5.74) is 3.62. The van der Waals surface area contributed by atoms with Crippen molar-refractivity contribution in [3.63, 3.8) is 0 Å². The van der Waals surface area contributed by atoms with Gasteiger partial charge in [0, 0.05) is 48.9 Å². The Balaban J connectivity index is 1.18. The lowest BCUT2D eigenvalue weighted by atomic mass is 9.67. The first-order valence-corrected chi connectivity index (χ1v) is 16.2. The van der Waals surface area contributed by atoms with Crippen LogP contribution in [0.25, 0.3) is 0 Å². The molecule has 2 N–H and O–H groups in total. The number of nitrogens with zero attached hydrogens (tertiary/aromatic N) is 2. The Labute approximate surface area is 245 Å². The molecule has 4 aliphatic rings. The molecule has 1 saturated heterocycles. The van der Waals surface area contributed by atoms with Crippen molar-refractivity contribution in [2.24, 2.45) is 0 Å². The Hall–Kier alpha value is -2.86. The van der Waals surface area contributed by atoms with Crippen LogP contribution in [0.3, 0.4) is 0 Å². The van der Waals surface area contributed by atoms with Gasteiger partial charge in [-0.3, -0.25) is 9.59 Å². The number of aliphatic hydroxyl groups is 1. The van der Waals surface area contributed by atoms with E-state index in [0.29, 0.717) is 50.5 Å². The molecule has 1 spiro atoms. The highest BCUT2D eigenvalue weighted by Crippen LogP contribution is 2.47. The number of anilines is 1. The maximum atomic E-state index is 13.4. The van der Waals surface area contributed by atoms with Crippen LogP contribution in [0.2, 0.25) is 0 Å². The fourth-order valence-electron chi connectivity index (χ4n) is 7.52. The Morgan fingerprint density at radius 2 is 1.27 bits per heavy atom. The second-order valence-electron chi connectivity index (χ2n) is 13.1. The van der Waals surface area contributed by atoms with E-state index >= 15 is 0 Å². The van der Waals surface area contributed by atoms with Crippen molar-refractivity contribution in [3.8, 4) is 0 Å². The second kappa shape index (κ2) is 12.2. The molecule has 1 unspecified atom stereocenters. The SMILES string of the molecule is O=C(c1ccc(C2Cc3ccccc3NC23CCCCCCCCCCC3)cc1)N1CCN(C(=O)C2(O)CC2)CC1. The van der Waals surface area contributed by atoms with Gasteiger partial charge in [0.2, 0.25) is 0 Å². The van der Waals surface area contributed by atoms with Gasteiger partial charge < -0.3 is 20.2 Å². The van der Waals surface area contributed by atoms with Crippen molar-refractivity contribution < 1.29 is 14.7 Å². The summed E-state index contributed by atoms with van der Waals surface area (Å²) in [6.45, 7) is 1.99. The molecule has 1 atom stereocenters. The zero-order valence-corrected chi connectivity index (χ0v) is 24.6. The third-order valence-electron chi connectivity index (χ3n) is 10.3. The maximum Gasteiger partial charge on any atom is 0.254 e. The van der Waals surface area contributed by atoms with Gasteiger partial charge in [0.15, 0.2) is 0 Å². The summed E-state index contributed by atoms with van der Waals surface area (Å²) in [6.07, 6.45) is 16.5. The number of piperazine rings is 1. The number of carbonyl (C=O) groups excluding carboxylic acids is 2. The third kappa shape index (κ3) is 6.18. The van der Waals surface area contributed by atoms with Crippen molar-refractivity contribution in [1.29, 1.82) is 0 Å². The summed E-state index contributed by atoms with van der Waals surface area (Å²) in [7, 11) is 0. The maximum absolute atomic E-state index is 13.4. The zero-order chi connectivity index (χ0) is 28.3. The van der Waals surface area contributed by atoms with Gasteiger partial charge in [0.25, 0.3) is 11.8 Å². The van der Waals surface area contributed by atoms with Crippen LogP contribution in [0.5, 0.6) is 0 Å². The van der Waals surface area contributed by atoms with Gasteiger partial charge in [0.05, 0.1) is 0 Å². The Kier molecular flexibility index (Phi) is 8.39. The van der Waals surface area contributed by atoms with Crippen LogP contribution in [-0.2, 0) is 11.2 Å². The van der Waals surface area contributed by atoms with Crippen molar-refractivity contribution >= 4 is 17.5 Å². The predicted molar refractivity (Wildman–Crippen MR) is 163 cm³/mol. The molecule has 2 amide bonds. The lowest BCUT2D eigenvalue weighted by Crippen LogP contribution is -2.53. The predicted octanol–water partition coefficient (Wildman–Crippen LogP) is 6.29. The number of hydrogen-bond donors (Lipinski definition) is 2. The molecule has 0 bridgehead atoms. The van der Waals surface area contributed by atoms with Crippen LogP contribution in [0.15, 0.2) is 48.5 Å². The second-order valence-corrected chi connectivity index (χ2v) is 13.1. The largest absolute Gasteiger partial charge is 0.380 e. The van der Waals surface area contributed by atoms with Gasteiger partial charge >= 0.3 is 0 Å². The lowest BCUT2D eigenvalue weighted by molar-refractivity contribution is -0.143. The molecule has 2 heterocycles. The molecule has 0 aromatic heterocycles. The van der Waals surface area contributed by atoms with E-state index in [-0.39, 0.29) is 17.4 Å². The van der Waals surface area contributed by atoms with E-state index in [1.54, 1.807) is 4.90 Å². The normalized spacial score (nSPS) is 24.4. The monoisotopic (exact) mass is 557 g/mol. The standard InChI is InChI=1S/C35H47N3O3/c39-32(37-22-24-38(25-23-37)33(40)35(41)20-21-35)28-16-14-27(15-17-28)30-26-29-12-8-9-13-31(29)36-34(30)18-10-6-4-2-1-3-5-7-11-19-34/h8-9,12-17,30,36,41H,1-7,10-11,18-26H2. The van der Waals surface area contributed by atoms with Gasteiger partial charge in [-0.05, 0) is 61.4 Å². The summed E-state index contributed by atoms with van der Waals surface area (Å²) >= 11 is 0. The molecule has 2 aromatic rings. The highest BCUT2D eigenvalue weighted by Gasteiger charge is 2.50. The fraction of sp³-hybridized carbons (Fsp3) is 0.600. The minimum absolute atomic E-state index is 0.0293. The summed E-state index contributed by atoms with van der Waals surface area (Å²) in [5.74, 6) is 0.228. The van der Waals surface area contributed by atoms with E-state index in [0.717, 1.165) is 6.42 Å². The van der Waals surface area contributed by atoms with Gasteiger partial charge in [-0.1, -0.05) is 88.1 Å². The van der Waals surface area contributed by atoms with Crippen molar-refractivity contribution in [3.05, 3.63) is 65.2 Å². The van der Waals surface area contributed by atoms with Gasteiger partial charge in [-0.2, -0.15) is 0 Å². The van der Waals surface area contributed by atoms with Crippen molar-refractivity contribution in [2.45, 2.75) is 107 Å². The van der Waals surface area contributed by atoms with E-state index in [2.05, 4.69) is 41.7 Å². The summed E-state index contributed by atoms with van der Waals surface area (Å²) in [5, 5.41) is 14.3. The van der Waals surface area contributed by atoms with E-state index in [1.807, 2.05) is 17.0 Å². The van der Waals surface area contributed by atoms with Gasteiger partial charge in [0.1, 0.15) is 5.60 Å². The minimum atomic E-state index is -1.14. The molecule has 2 saturated carbocycles. The average molecular weight is 558 g/mol. The molecule has 6 rings (SSSR count). The summed E-state index contributed by atoms with van der Waals surface area (Å²) < 4.78 is 0. The molecular formula is C35H47N3O3. The van der Waals surface area contributed by atoms with Gasteiger partial charge in [-0.15, -0.1) is 0 Å². The molecule has 220 valence electrons. The zero-order valence-electron chi connectivity index (χ0n) is 24.6. The molecule has 6 nitrogen and oxygen atoms in total. The van der Waals surface area contributed by atoms with Crippen LogP contribution < -0.4 is 5.32 Å². The van der Waals surface area contributed by atoms with E-state index in [4.69, 9.17) is 0 Å². The lowest BCUT2D eigenvalue weighted by Gasteiger charge is -2.47. The van der Waals surface area contributed by atoms with Crippen molar-refractivity contribution in [1.82, 2.24) is 9.80 Å². The quantitative estimate of drug-likeness (QED) is 0.465. The number of amides is 2. The van der Waals surface area contributed by atoms with Crippen LogP contribution in [0, 0.1) is 0 Å². The van der Waals surface area contributed by atoms with E-state index < -0.39 is 5.60 Å². The molecular weight excluding hydrogens is 510 g/mol. The number of rotatable bonds is 3. The smallest absolute Gasteiger partial charge is 0.254 e. The first-order valence-electron chi connectivity index (χ1n) is 16.2. The number of fused-ring (bicyclic) bond motifs is 1. The van der Waals surface area contributed by atoms with Crippen molar-refractivity contribution in [2.75, 3.05) is 31.5 Å². The summed E-state index contributed by atoms with van der Waals surface area (Å²) in [4.78, 5) is 29.5. The Bertz CT molecular complexity index is 1200. The first kappa shape index (κ1) is 28.3. The molecule has 2 aliphatic heterocycles. The van der Waals surface area contributed by atoms with Crippen LogP contribution >= 0.6 is 0 Å². The highest BCUT2D eigenvalue weighted by atomic mass is 16.3. The molecule has 2 aromatic carbocycles. The molecule has 6 heteroatoms. The summed E-state index contributed by atoms with van der Waals surface area (Å²) in [6, 6.07) is 17.3. The van der Waals surface area contributed by atoms with Gasteiger partial charge in [-0.25, -0.2) is 0 Å². The number of carbonyl (C=O) groups is 2. The highest BCUT2D eigenvalue weighted by molar-refractivity contribution is 5.94. The Morgan fingerprint density at radius 1 is 0.707 bits per heavy atom. The average Bonchev–Trinajstić information content (AvgIpc) is 3.76. The number of nitrogens with one attached hydrogen (secondary N) is 1. The topological polar surface area (TPSA) is 72.9 Å². The molecule has 0 radical (unpaired) electrons. The van der Waals surface area contributed by atoms with Crippen LogP contribution in [0.4, 0.5) is 5.69 Å². The number of benzene rings is 2. The number of hydrogen-bond acceptors (Lipinski definition) is 4. The fourth-order valence-corrected chi connectivity index (χ4v) is 7.52. The first-order chi connectivity index (χ1) is 20.0. The number of para-hydroxylation sites is 1. The van der Waals surface area contributed by atoms with E-state index in [9.17, 15) is 14.7 Å². The molecule has 2 aliphatic carbocycles.